The lowest BCUT2D eigenvalue weighted by atomic mass is 10.1. The summed E-state index contributed by atoms with van der Waals surface area (Å²) in [5.74, 6) is -0.215. The molecule has 0 fully saturated rings. The standard InChI is InChI=1S/C17H20N2O2/c1-12-8-9-16(15(18)10-12)19-17(20)11-21-13(2)14-6-4-3-5-7-14/h3-10,13H,11,18H2,1-2H3,(H,19,20). The molecule has 0 spiro atoms. The normalized spacial score (nSPS) is 11.9. The molecule has 0 radical (unpaired) electrons. The van der Waals surface area contributed by atoms with Crippen LogP contribution < -0.4 is 11.1 Å². The van der Waals surface area contributed by atoms with Crippen molar-refractivity contribution < 1.29 is 9.53 Å². The number of aryl methyl sites for hydroxylation is 1. The third-order valence-corrected chi connectivity index (χ3v) is 3.21. The van der Waals surface area contributed by atoms with Crippen molar-refractivity contribution in [3.63, 3.8) is 0 Å². The number of carbonyl (C=O) groups is 1. The maximum absolute atomic E-state index is 11.9. The molecule has 0 bridgehead atoms. The Morgan fingerprint density at radius 1 is 1.24 bits per heavy atom. The number of benzene rings is 2. The minimum atomic E-state index is -0.215. The van der Waals surface area contributed by atoms with Gasteiger partial charge >= 0.3 is 0 Å². The van der Waals surface area contributed by atoms with Crippen LogP contribution in [0.15, 0.2) is 48.5 Å². The first-order chi connectivity index (χ1) is 10.1. The molecule has 0 aliphatic heterocycles. The Morgan fingerprint density at radius 2 is 1.95 bits per heavy atom. The molecule has 1 atom stereocenters. The smallest absolute Gasteiger partial charge is 0.250 e. The quantitative estimate of drug-likeness (QED) is 0.828. The fourth-order valence-corrected chi connectivity index (χ4v) is 2.00. The third kappa shape index (κ3) is 4.33. The van der Waals surface area contributed by atoms with Crippen LogP contribution in [0.1, 0.15) is 24.2 Å². The molecule has 3 N–H and O–H groups in total. The van der Waals surface area contributed by atoms with E-state index in [4.69, 9.17) is 10.5 Å². The van der Waals surface area contributed by atoms with Gasteiger partial charge in [-0.2, -0.15) is 0 Å². The van der Waals surface area contributed by atoms with Crippen LogP contribution in [0.3, 0.4) is 0 Å². The molecule has 0 saturated heterocycles. The fourth-order valence-electron chi connectivity index (χ4n) is 2.00. The van der Waals surface area contributed by atoms with Gasteiger partial charge in [0.1, 0.15) is 6.61 Å². The highest BCUT2D eigenvalue weighted by molar-refractivity contribution is 5.94. The number of amides is 1. The van der Waals surface area contributed by atoms with E-state index in [1.807, 2.05) is 56.3 Å². The van der Waals surface area contributed by atoms with E-state index < -0.39 is 0 Å². The van der Waals surface area contributed by atoms with Gasteiger partial charge in [0.25, 0.3) is 0 Å². The molecule has 2 aromatic carbocycles. The molecule has 0 aliphatic rings. The first-order valence-electron chi connectivity index (χ1n) is 6.89. The topological polar surface area (TPSA) is 64.3 Å². The third-order valence-electron chi connectivity index (χ3n) is 3.21. The van der Waals surface area contributed by atoms with E-state index in [1.54, 1.807) is 6.07 Å². The SMILES string of the molecule is Cc1ccc(NC(=O)COC(C)c2ccccc2)c(N)c1. The summed E-state index contributed by atoms with van der Waals surface area (Å²) in [6.07, 6.45) is -0.132. The molecular weight excluding hydrogens is 264 g/mol. The second-order valence-electron chi connectivity index (χ2n) is 5.00. The number of anilines is 2. The highest BCUT2D eigenvalue weighted by Gasteiger charge is 2.10. The average molecular weight is 284 g/mol. The van der Waals surface area contributed by atoms with Crippen LogP contribution in [0.5, 0.6) is 0 Å². The second kappa shape index (κ2) is 6.90. The summed E-state index contributed by atoms with van der Waals surface area (Å²) < 4.78 is 5.57. The maximum atomic E-state index is 11.9. The molecular formula is C17H20N2O2. The molecule has 4 nitrogen and oxygen atoms in total. The summed E-state index contributed by atoms with van der Waals surface area (Å²) >= 11 is 0. The minimum absolute atomic E-state index is 0.0105. The van der Waals surface area contributed by atoms with Gasteiger partial charge in [-0.05, 0) is 37.1 Å². The predicted molar refractivity (Wildman–Crippen MR) is 85.0 cm³/mol. The Labute approximate surface area is 124 Å². The maximum Gasteiger partial charge on any atom is 0.250 e. The summed E-state index contributed by atoms with van der Waals surface area (Å²) in [4.78, 5) is 11.9. The van der Waals surface area contributed by atoms with E-state index in [0.717, 1.165) is 11.1 Å². The van der Waals surface area contributed by atoms with Crippen molar-refractivity contribution in [2.75, 3.05) is 17.7 Å². The fraction of sp³-hybridized carbons (Fsp3) is 0.235. The number of hydrogen-bond acceptors (Lipinski definition) is 3. The summed E-state index contributed by atoms with van der Waals surface area (Å²) in [6.45, 7) is 3.86. The van der Waals surface area contributed by atoms with Gasteiger partial charge in [0.15, 0.2) is 0 Å². The molecule has 21 heavy (non-hydrogen) atoms. The summed E-state index contributed by atoms with van der Waals surface area (Å²) in [7, 11) is 0. The van der Waals surface area contributed by atoms with E-state index in [0.29, 0.717) is 11.4 Å². The van der Waals surface area contributed by atoms with Crippen LogP contribution in [0.4, 0.5) is 11.4 Å². The molecule has 1 unspecified atom stereocenters. The molecule has 110 valence electrons. The van der Waals surface area contributed by atoms with Crippen molar-refractivity contribution in [2.24, 2.45) is 0 Å². The molecule has 1 amide bonds. The van der Waals surface area contributed by atoms with Gasteiger partial charge in [-0.25, -0.2) is 0 Å². The van der Waals surface area contributed by atoms with Gasteiger partial charge in [0.05, 0.1) is 17.5 Å². The number of carbonyl (C=O) groups excluding carboxylic acids is 1. The zero-order valence-electron chi connectivity index (χ0n) is 12.3. The Kier molecular flexibility index (Phi) is 4.95. The van der Waals surface area contributed by atoms with E-state index >= 15 is 0 Å². The number of hydrogen-bond donors (Lipinski definition) is 2. The monoisotopic (exact) mass is 284 g/mol. The number of nitrogen functional groups attached to an aromatic ring is 1. The van der Waals surface area contributed by atoms with Gasteiger partial charge in [-0.3, -0.25) is 4.79 Å². The summed E-state index contributed by atoms with van der Waals surface area (Å²) in [6, 6.07) is 15.3. The van der Waals surface area contributed by atoms with Gasteiger partial charge in [-0.15, -0.1) is 0 Å². The second-order valence-corrected chi connectivity index (χ2v) is 5.00. The van der Waals surface area contributed by atoms with Crippen LogP contribution in [0, 0.1) is 6.92 Å². The van der Waals surface area contributed by atoms with E-state index in [-0.39, 0.29) is 18.6 Å². The van der Waals surface area contributed by atoms with Crippen LogP contribution in [-0.4, -0.2) is 12.5 Å². The summed E-state index contributed by atoms with van der Waals surface area (Å²) in [5, 5.41) is 2.76. The van der Waals surface area contributed by atoms with Crippen molar-refractivity contribution in [1.29, 1.82) is 0 Å². The van der Waals surface area contributed by atoms with Crippen molar-refractivity contribution in [2.45, 2.75) is 20.0 Å². The number of rotatable bonds is 5. The van der Waals surface area contributed by atoms with E-state index in [9.17, 15) is 4.79 Å². The number of nitrogens with two attached hydrogens (primary N) is 1. The van der Waals surface area contributed by atoms with Crippen LogP contribution in [-0.2, 0) is 9.53 Å². The van der Waals surface area contributed by atoms with Crippen molar-refractivity contribution in [3.8, 4) is 0 Å². The Bertz CT molecular complexity index is 611. The molecule has 4 heteroatoms. The molecule has 0 aromatic heterocycles. The highest BCUT2D eigenvalue weighted by atomic mass is 16.5. The Hall–Kier alpha value is -2.33. The zero-order valence-corrected chi connectivity index (χ0v) is 12.3. The average Bonchev–Trinajstić information content (AvgIpc) is 2.48. The summed E-state index contributed by atoms with van der Waals surface area (Å²) in [5.41, 5.74) is 9.13. The van der Waals surface area contributed by atoms with Crippen molar-refractivity contribution >= 4 is 17.3 Å². The predicted octanol–water partition coefficient (Wildman–Crippen LogP) is 3.29. The molecule has 0 aliphatic carbocycles. The first-order valence-corrected chi connectivity index (χ1v) is 6.89. The lowest BCUT2D eigenvalue weighted by Crippen LogP contribution is -2.20. The van der Waals surface area contributed by atoms with Crippen molar-refractivity contribution in [3.05, 3.63) is 59.7 Å². The first kappa shape index (κ1) is 15.1. The van der Waals surface area contributed by atoms with Crippen LogP contribution >= 0.6 is 0 Å². The Morgan fingerprint density at radius 3 is 2.62 bits per heavy atom. The van der Waals surface area contributed by atoms with Gasteiger partial charge in [-0.1, -0.05) is 36.4 Å². The lowest BCUT2D eigenvalue weighted by Gasteiger charge is -2.14. The molecule has 0 saturated carbocycles. The highest BCUT2D eigenvalue weighted by Crippen LogP contribution is 2.20. The lowest BCUT2D eigenvalue weighted by molar-refractivity contribution is -0.122. The van der Waals surface area contributed by atoms with E-state index in [1.165, 1.54) is 0 Å². The van der Waals surface area contributed by atoms with E-state index in [2.05, 4.69) is 5.32 Å². The number of ether oxygens (including phenoxy) is 1. The zero-order chi connectivity index (χ0) is 15.2. The van der Waals surface area contributed by atoms with Crippen molar-refractivity contribution in [1.82, 2.24) is 0 Å². The largest absolute Gasteiger partial charge is 0.397 e. The molecule has 0 heterocycles. The molecule has 2 aromatic rings. The van der Waals surface area contributed by atoms with Gasteiger partial charge in [0, 0.05) is 0 Å². The van der Waals surface area contributed by atoms with Gasteiger partial charge in [0.2, 0.25) is 5.91 Å². The van der Waals surface area contributed by atoms with Crippen LogP contribution in [0.25, 0.3) is 0 Å². The Balaban J connectivity index is 1.87. The van der Waals surface area contributed by atoms with Gasteiger partial charge < -0.3 is 15.8 Å². The van der Waals surface area contributed by atoms with Crippen LogP contribution in [0.2, 0.25) is 0 Å². The minimum Gasteiger partial charge on any atom is -0.397 e. The molecule has 2 rings (SSSR count). The number of nitrogens with one attached hydrogen (secondary N) is 1.